The van der Waals surface area contributed by atoms with Crippen LogP contribution in [0.2, 0.25) is 0 Å². The standard InChI is InChI=1S/C71H72N4O/c1-67(2,3)51-37-38-72-66(42-51)75-62-34-23-22-33-58(62)59-36-35-56(44-63(59)75)76-57-41-53(68(4,5)6)40-55(43-57)74-47-73(54-32-24-31-52(39-54)69(7,8)48-25-16-13-17-26-48)64-45-60(70(9,10)49-27-18-14-19-28-49)61(46-65(64)74)71(11,12)50-29-20-15-21-30-50/h13-46H,47H2,1-12H3. The third-order valence-electron chi connectivity index (χ3n) is 16.5. The van der Waals surface area contributed by atoms with Gasteiger partial charge >= 0.3 is 0 Å². The molecule has 0 saturated carbocycles. The summed E-state index contributed by atoms with van der Waals surface area (Å²) in [6.07, 6.45) is 1.94. The average molecular weight is 997 g/mol. The molecule has 0 N–H and O–H groups in total. The van der Waals surface area contributed by atoms with E-state index < -0.39 is 0 Å². The minimum absolute atomic E-state index is 0.0303. The summed E-state index contributed by atoms with van der Waals surface area (Å²) in [5.74, 6) is 2.45. The van der Waals surface area contributed by atoms with Crippen molar-refractivity contribution in [1.29, 1.82) is 0 Å². The van der Waals surface area contributed by atoms with Gasteiger partial charge in [-0.2, -0.15) is 0 Å². The molecule has 382 valence electrons. The lowest BCUT2D eigenvalue weighted by Gasteiger charge is -2.37. The van der Waals surface area contributed by atoms with E-state index in [2.05, 4.69) is 298 Å². The zero-order chi connectivity index (χ0) is 53.4. The van der Waals surface area contributed by atoms with E-state index in [1.165, 1.54) is 55.6 Å². The lowest BCUT2D eigenvalue weighted by Crippen LogP contribution is -2.28. The summed E-state index contributed by atoms with van der Waals surface area (Å²) >= 11 is 0. The zero-order valence-corrected chi connectivity index (χ0v) is 46.5. The average Bonchev–Trinajstić information content (AvgIpc) is 4.04. The molecule has 0 fully saturated rings. The van der Waals surface area contributed by atoms with Crippen molar-refractivity contribution in [2.24, 2.45) is 0 Å². The molecular formula is C71H72N4O. The second-order valence-electron chi connectivity index (χ2n) is 24.7. The van der Waals surface area contributed by atoms with E-state index in [4.69, 9.17) is 9.72 Å². The highest BCUT2D eigenvalue weighted by Crippen LogP contribution is 2.53. The number of rotatable bonds is 11. The number of pyridine rings is 1. The summed E-state index contributed by atoms with van der Waals surface area (Å²) in [5.41, 5.74) is 15.7. The Morgan fingerprint density at radius 3 is 1.47 bits per heavy atom. The van der Waals surface area contributed by atoms with Gasteiger partial charge in [-0.3, -0.25) is 4.57 Å². The van der Waals surface area contributed by atoms with E-state index in [1.807, 2.05) is 6.20 Å². The van der Waals surface area contributed by atoms with Crippen molar-refractivity contribution >= 4 is 44.6 Å². The molecule has 0 aliphatic carbocycles. The normalized spacial score (nSPS) is 13.4. The van der Waals surface area contributed by atoms with Crippen LogP contribution in [0.3, 0.4) is 0 Å². The van der Waals surface area contributed by atoms with Gasteiger partial charge in [-0.05, 0) is 122 Å². The van der Waals surface area contributed by atoms with Crippen molar-refractivity contribution in [1.82, 2.24) is 9.55 Å². The molecule has 76 heavy (non-hydrogen) atoms. The monoisotopic (exact) mass is 997 g/mol. The Balaban J connectivity index is 1.09. The Hall–Kier alpha value is -7.89. The van der Waals surface area contributed by atoms with Crippen LogP contribution in [-0.4, -0.2) is 16.2 Å². The van der Waals surface area contributed by atoms with Gasteiger partial charge in [0.05, 0.1) is 22.4 Å². The molecule has 0 saturated heterocycles. The maximum absolute atomic E-state index is 7.16. The number of nitrogens with zero attached hydrogens (tertiary/aromatic N) is 4. The Morgan fingerprint density at radius 2 is 0.882 bits per heavy atom. The van der Waals surface area contributed by atoms with Crippen LogP contribution in [0.25, 0.3) is 27.6 Å². The van der Waals surface area contributed by atoms with Gasteiger partial charge in [-0.1, -0.05) is 204 Å². The van der Waals surface area contributed by atoms with Crippen molar-refractivity contribution in [3.8, 4) is 17.3 Å². The maximum Gasteiger partial charge on any atom is 0.137 e. The number of anilines is 4. The molecule has 11 rings (SSSR count). The van der Waals surface area contributed by atoms with E-state index in [0.29, 0.717) is 6.67 Å². The largest absolute Gasteiger partial charge is 0.457 e. The van der Waals surface area contributed by atoms with E-state index >= 15 is 0 Å². The van der Waals surface area contributed by atoms with Crippen LogP contribution in [0.5, 0.6) is 11.5 Å². The summed E-state index contributed by atoms with van der Waals surface area (Å²) in [6, 6.07) is 73.5. The van der Waals surface area contributed by atoms with Crippen LogP contribution < -0.4 is 14.5 Å². The van der Waals surface area contributed by atoms with Gasteiger partial charge in [0.2, 0.25) is 0 Å². The molecule has 2 aromatic heterocycles. The number of benzene rings is 8. The smallest absolute Gasteiger partial charge is 0.137 e. The molecule has 5 heteroatoms. The van der Waals surface area contributed by atoms with Crippen molar-refractivity contribution < 1.29 is 4.74 Å². The van der Waals surface area contributed by atoms with Gasteiger partial charge in [0.25, 0.3) is 0 Å². The topological polar surface area (TPSA) is 33.5 Å². The molecule has 10 aromatic rings. The van der Waals surface area contributed by atoms with E-state index in [-0.39, 0.29) is 27.1 Å². The Morgan fingerprint density at radius 1 is 0.368 bits per heavy atom. The van der Waals surface area contributed by atoms with Crippen molar-refractivity contribution in [2.75, 3.05) is 16.5 Å². The van der Waals surface area contributed by atoms with Gasteiger partial charge in [0.1, 0.15) is 24.0 Å². The fourth-order valence-corrected chi connectivity index (χ4v) is 11.5. The molecule has 0 radical (unpaired) electrons. The Labute approximate surface area is 451 Å². The SMILES string of the molecule is CC(C)(C)c1cc(Oc2ccc3c4ccccc4n(-c4cc(C(C)(C)C)ccn4)c3c2)cc(N2CN(c3cccc(C(C)(C)c4ccccc4)c3)c3cc(C(C)(C)c4ccccc4)c(C(C)(C)c4ccccc4)cc32)c1. The number of ether oxygens (including phenoxy) is 1. The first-order valence-electron chi connectivity index (χ1n) is 27.0. The first-order valence-corrected chi connectivity index (χ1v) is 27.0. The van der Waals surface area contributed by atoms with Gasteiger partial charge < -0.3 is 14.5 Å². The highest BCUT2D eigenvalue weighted by molar-refractivity contribution is 6.09. The molecule has 0 unspecified atom stereocenters. The van der Waals surface area contributed by atoms with Crippen molar-refractivity contribution in [3.63, 3.8) is 0 Å². The molecule has 5 nitrogen and oxygen atoms in total. The van der Waals surface area contributed by atoms with Crippen LogP contribution in [0.1, 0.15) is 128 Å². The van der Waals surface area contributed by atoms with Gasteiger partial charge in [-0.15, -0.1) is 0 Å². The molecule has 0 atom stereocenters. The number of hydrogen-bond acceptors (Lipinski definition) is 4. The van der Waals surface area contributed by atoms with Crippen molar-refractivity contribution in [2.45, 2.75) is 110 Å². The molecule has 0 spiro atoms. The first kappa shape index (κ1) is 50.3. The fraction of sp³-hybridized carbons (Fsp3) is 0.254. The van der Waals surface area contributed by atoms with Crippen LogP contribution in [-0.2, 0) is 27.1 Å². The van der Waals surface area contributed by atoms with Crippen molar-refractivity contribution in [3.05, 3.63) is 251 Å². The van der Waals surface area contributed by atoms with Crippen LogP contribution >= 0.6 is 0 Å². The second kappa shape index (κ2) is 18.7. The number of fused-ring (bicyclic) bond motifs is 4. The van der Waals surface area contributed by atoms with Gasteiger partial charge in [0, 0.05) is 56.7 Å². The lowest BCUT2D eigenvalue weighted by molar-refractivity contribution is 0.479. The molecule has 0 amide bonds. The van der Waals surface area contributed by atoms with Gasteiger partial charge in [-0.25, -0.2) is 4.98 Å². The number of para-hydroxylation sites is 1. The van der Waals surface area contributed by atoms with E-state index in [1.54, 1.807) is 0 Å². The Bertz CT molecular complexity index is 3760. The molecule has 1 aliphatic heterocycles. The number of aromatic nitrogens is 2. The summed E-state index contributed by atoms with van der Waals surface area (Å²) in [7, 11) is 0. The fourth-order valence-electron chi connectivity index (χ4n) is 11.5. The van der Waals surface area contributed by atoms with Crippen LogP contribution in [0.4, 0.5) is 22.7 Å². The first-order chi connectivity index (χ1) is 36.2. The lowest BCUT2D eigenvalue weighted by atomic mass is 9.68. The molecule has 3 heterocycles. The highest BCUT2D eigenvalue weighted by atomic mass is 16.5. The molecular weight excluding hydrogens is 925 g/mol. The van der Waals surface area contributed by atoms with Crippen LogP contribution in [0.15, 0.2) is 206 Å². The predicted octanol–water partition coefficient (Wildman–Crippen LogP) is 18.8. The molecule has 1 aliphatic rings. The summed E-state index contributed by atoms with van der Waals surface area (Å²) < 4.78 is 9.45. The summed E-state index contributed by atoms with van der Waals surface area (Å²) in [4.78, 5) is 10.0. The van der Waals surface area contributed by atoms with Crippen LogP contribution in [0, 0.1) is 0 Å². The third-order valence-corrected chi connectivity index (χ3v) is 16.5. The summed E-state index contributed by atoms with van der Waals surface area (Å²) in [5, 5.41) is 2.34. The molecule has 8 aromatic carbocycles. The summed E-state index contributed by atoms with van der Waals surface area (Å²) in [6.45, 7) is 28.5. The molecule has 0 bridgehead atoms. The number of hydrogen-bond donors (Lipinski definition) is 0. The quantitative estimate of drug-likeness (QED) is 0.129. The second-order valence-corrected chi connectivity index (χ2v) is 24.7. The highest BCUT2D eigenvalue weighted by Gasteiger charge is 2.39. The van der Waals surface area contributed by atoms with E-state index in [9.17, 15) is 0 Å². The zero-order valence-electron chi connectivity index (χ0n) is 46.5. The maximum atomic E-state index is 7.16. The van der Waals surface area contributed by atoms with Gasteiger partial charge in [0.15, 0.2) is 0 Å². The minimum atomic E-state index is -0.345. The van der Waals surface area contributed by atoms with E-state index in [0.717, 1.165) is 50.8 Å². The minimum Gasteiger partial charge on any atom is -0.457 e. The Kier molecular flexibility index (Phi) is 12.4. The predicted molar refractivity (Wildman–Crippen MR) is 320 cm³/mol. The third kappa shape index (κ3) is 9.04.